The van der Waals surface area contributed by atoms with Gasteiger partial charge in [0.25, 0.3) is 0 Å². The zero-order chi connectivity index (χ0) is 13.9. The Morgan fingerprint density at radius 3 is 2.60 bits per heavy atom. The SMILES string of the molecule is CC(C)C1OCCCC1CNC(=O)C1(N)CCCC1.Cl. The Labute approximate surface area is 128 Å². The average molecular weight is 305 g/mol. The van der Waals surface area contributed by atoms with E-state index < -0.39 is 5.54 Å². The van der Waals surface area contributed by atoms with Crippen LogP contribution in [0.25, 0.3) is 0 Å². The summed E-state index contributed by atoms with van der Waals surface area (Å²) in [6.45, 7) is 5.94. The van der Waals surface area contributed by atoms with Gasteiger partial charge in [0.05, 0.1) is 11.6 Å². The molecule has 2 rings (SSSR count). The molecular formula is C15H29ClN2O2. The molecule has 1 aliphatic heterocycles. The Morgan fingerprint density at radius 1 is 1.35 bits per heavy atom. The molecule has 2 aliphatic rings. The monoisotopic (exact) mass is 304 g/mol. The summed E-state index contributed by atoms with van der Waals surface area (Å²) in [4.78, 5) is 12.2. The highest BCUT2D eigenvalue weighted by Gasteiger charge is 2.37. The summed E-state index contributed by atoms with van der Waals surface area (Å²) in [6.07, 6.45) is 6.31. The van der Waals surface area contributed by atoms with Gasteiger partial charge in [-0.15, -0.1) is 12.4 Å². The van der Waals surface area contributed by atoms with E-state index in [1.807, 2.05) is 0 Å². The van der Waals surface area contributed by atoms with Gasteiger partial charge in [0.15, 0.2) is 0 Å². The Bertz CT molecular complexity index is 317. The fourth-order valence-electron chi connectivity index (χ4n) is 3.45. The molecule has 5 heteroatoms. The second-order valence-electron chi connectivity index (χ2n) is 6.56. The summed E-state index contributed by atoms with van der Waals surface area (Å²) < 4.78 is 5.85. The minimum Gasteiger partial charge on any atom is -0.378 e. The normalized spacial score (nSPS) is 29.0. The van der Waals surface area contributed by atoms with Crippen LogP contribution in [-0.4, -0.2) is 30.7 Å². The van der Waals surface area contributed by atoms with Crippen LogP contribution in [-0.2, 0) is 9.53 Å². The molecule has 1 saturated carbocycles. The van der Waals surface area contributed by atoms with Crippen LogP contribution in [0, 0.1) is 11.8 Å². The number of hydrogen-bond donors (Lipinski definition) is 2. The summed E-state index contributed by atoms with van der Waals surface area (Å²) in [7, 11) is 0. The lowest BCUT2D eigenvalue weighted by Crippen LogP contribution is -2.53. The van der Waals surface area contributed by atoms with Gasteiger partial charge in [-0.1, -0.05) is 26.7 Å². The molecule has 0 aromatic rings. The van der Waals surface area contributed by atoms with Crippen molar-refractivity contribution in [2.75, 3.05) is 13.2 Å². The van der Waals surface area contributed by atoms with Crippen molar-refractivity contribution < 1.29 is 9.53 Å². The highest BCUT2D eigenvalue weighted by atomic mass is 35.5. The topological polar surface area (TPSA) is 64.3 Å². The first-order chi connectivity index (χ1) is 9.03. The first-order valence-corrected chi connectivity index (χ1v) is 7.72. The van der Waals surface area contributed by atoms with Gasteiger partial charge in [0, 0.05) is 19.1 Å². The highest BCUT2D eigenvalue weighted by molar-refractivity contribution is 5.86. The minimum absolute atomic E-state index is 0. The minimum atomic E-state index is -0.608. The number of carbonyl (C=O) groups excluding carboxylic acids is 1. The standard InChI is InChI=1S/C15H28N2O2.ClH/c1-11(2)13-12(6-5-9-19-13)10-17-14(18)15(16)7-3-4-8-15;/h11-13H,3-10,16H2,1-2H3,(H,17,18);1H. The van der Waals surface area contributed by atoms with Crippen LogP contribution < -0.4 is 11.1 Å². The molecule has 4 nitrogen and oxygen atoms in total. The summed E-state index contributed by atoms with van der Waals surface area (Å²) in [5.41, 5.74) is 5.56. The Balaban J connectivity index is 0.00000200. The number of ether oxygens (including phenoxy) is 1. The summed E-state index contributed by atoms with van der Waals surface area (Å²) in [5, 5.41) is 3.08. The Kier molecular flexibility index (Phi) is 6.76. The van der Waals surface area contributed by atoms with E-state index in [0.717, 1.165) is 45.1 Å². The maximum atomic E-state index is 12.2. The number of halogens is 1. The van der Waals surface area contributed by atoms with Crippen LogP contribution >= 0.6 is 12.4 Å². The molecule has 3 N–H and O–H groups in total. The van der Waals surface area contributed by atoms with Gasteiger partial charge in [-0.25, -0.2) is 0 Å². The number of rotatable bonds is 4. The van der Waals surface area contributed by atoms with Gasteiger partial charge in [-0.2, -0.15) is 0 Å². The molecule has 1 aliphatic carbocycles. The van der Waals surface area contributed by atoms with E-state index in [9.17, 15) is 4.79 Å². The van der Waals surface area contributed by atoms with Gasteiger partial charge in [-0.3, -0.25) is 4.79 Å². The third-order valence-electron chi connectivity index (χ3n) is 4.62. The predicted octanol–water partition coefficient (Wildman–Crippen LogP) is 2.25. The maximum absolute atomic E-state index is 12.2. The van der Waals surface area contributed by atoms with Crippen molar-refractivity contribution in [2.24, 2.45) is 17.6 Å². The molecule has 1 heterocycles. The predicted molar refractivity (Wildman–Crippen MR) is 82.9 cm³/mol. The molecule has 0 bridgehead atoms. The van der Waals surface area contributed by atoms with Crippen LogP contribution in [0.5, 0.6) is 0 Å². The van der Waals surface area contributed by atoms with E-state index in [1.54, 1.807) is 0 Å². The Morgan fingerprint density at radius 2 is 2.00 bits per heavy atom. The number of nitrogens with two attached hydrogens (primary N) is 1. The smallest absolute Gasteiger partial charge is 0.240 e. The average Bonchev–Trinajstić information content (AvgIpc) is 2.84. The fraction of sp³-hybridized carbons (Fsp3) is 0.933. The van der Waals surface area contributed by atoms with Gasteiger partial charge >= 0.3 is 0 Å². The van der Waals surface area contributed by atoms with E-state index in [1.165, 1.54) is 0 Å². The third-order valence-corrected chi connectivity index (χ3v) is 4.62. The lowest BCUT2D eigenvalue weighted by Gasteiger charge is -2.35. The van der Waals surface area contributed by atoms with Gasteiger partial charge in [-0.05, 0) is 31.6 Å². The first-order valence-electron chi connectivity index (χ1n) is 7.72. The molecule has 0 aromatic carbocycles. The maximum Gasteiger partial charge on any atom is 0.240 e. The van der Waals surface area contributed by atoms with E-state index >= 15 is 0 Å². The molecule has 2 unspecified atom stereocenters. The van der Waals surface area contributed by atoms with E-state index in [0.29, 0.717) is 18.4 Å². The van der Waals surface area contributed by atoms with Crippen molar-refractivity contribution in [3.8, 4) is 0 Å². The van der Waals surface area contributed by atoms with Crippen molar-refractivity contribution in [1.29, 1.82) is 0 Å². The van der Waals surface area contributed by atoms with Crippen LogP contribution in [0.1, 0.15) is 52.4 Å². The zero-order valence-corrected chi connectivity index (χ0v) is 13.5. The highest BCUT2D eigenvalue weighted by Crippen LogP contribution is 2.28. The molecule has 2 atom stereocenters. The van der Waals surface area contributed by atoms with Gasteiger partial charge in [0.2, 0.25) is 5.91 Å². The zero-order valence-electron chi connectivity index (χ0n) is 12.7. The molecule has 20 heavy (non-hydrogen) atoms. The summed E-state index contributed by atoms with van der Waals surface area (Å²) >= 11 is 0. The van der Waals surface area contributed by atoms with Gasteiger partial charge < -0.3 is 15.8 Å². The quantitative estimate of drug-likeness (QED) is 0.837. The summed E-state index contributed by atoms with van der Waals surface area (Å²) in [5.74, 6) is 0.973. The molecule has 2 fully saturated rings. The lowest BCUT2D eigenvalue weighted by molar-refractivity contribution is -0.127. The second-order valence-corrected chi connectivity index (χ2v) is 6.56. The first kappa shape index (κ1) is 17.7. The molecule has 118 valence electrons. The molecule has 0 radical (unpaired) electrons. The largest absolute Gasteiger partial charge is 0.378 e. The molecule has 0 aromatic heterocycles. The molecule has 0 spiro atoms. The third kappa shape index (κ3) is 4.09. The fourth-order valence-corrected chi connectivity index (χ4v) is 3.45. The van der Waals surface area contributed by atoms with Crippen molar-refractivity contribution in [3.63, 3.8) is 0 Å². The van der Waals surface area contributed by atoms with Crippen LogP contribution in [0.15, 0.2) is 0 Å². The van der Waals surface area contributed by atoms with Gasteiger partial charge in [0.1, 0.15) is 0 Å². The number of nitrogens with one attached hydrogen (secondary N) is 1. The molecule has 1 amide bonds. The second kappa shape index (κ2) is 7.62. The van der Waals surface area contributed by atoms with E-state index in [2.05, 4.69) is 19.2 Å². The number of hydrogen-bond acceptors (Lipinski definition) is 3. The molecular weight excluding hydrogens is 276 g/mol. The van der Waals surface area contributed by atoms with Crippen LogP contribution in [0.3, 0.4) is 0 Å². The van der Waals surface area contributed by atoms with Crippen LogP contribution in [0.4, 0.5) is 0 Å². The van der Waals surface area contributed by atoms with Crippen molar-refractivity contribution >= 4 is 18.3 Å². The summed E-state index contributed by atoms with van der Waals surface area (Å²) in [6, 6.07) is 0. The lowest BCUT2D eigenvalue weighted by atomic mass is 9.87. The number of amides is 1. The Hall–Kier alpha value is -0.320. The van der Waals surface area contributed by atoms with E-state index in [4.69, 9.17) is 10.5 Å². The number of carbonyl (C=O) groups is 1. The van der Waals surface area contributed by atoms with Crippen LogP contribution in [0.2, 0.25) is 0 Å². The molecule has 1 saturated heterocycles. The van der Waals surface area contributed by atoms with E-state index in [-0.39, 0.29) is 24.4 Å². The van der Waals surface area contributed by atoms with Crippen molar-refractivity contribution in [1.82, 2.24) is 5.32 Å². The van der Waals surface area contributed by atoms with Crippen molar-refractivity contribution in [3.05, 3.63) is 0 Å². The van der Waals surface area contributed by atoms with Crippen molar-refractivity contribution in [2.45, 2.75) is 64.0 Å².